The molecule has 0 aliphatic rings. The molecule has 0 aliphatic heterocycles. The molecule has 0 bridgehead atoms. The first-order valence-electron chi connectivity index (χ1n) is 5.80. The Labute approximate surface area is 106 Å². The second-order valence-electron chi connectivity index (χ2n) is 3.74. The van der Waals surface area contributed by atoms with E-state index >= 15 is 0 Å². The Bertz CT molecular complexity index is 502. The zero-order chi connectivity index (χ0) is 12.8. The standard InChI is InChI=1S/C13H16N4O/c1-2-18-13-7-10(3-4-12(13)14)16-8-11-5-6-15-9-17-11/h3-7,9,16H,2,8,14H2,1H3. The molecular formula is C13H16N4O. The summed E-state index contributed by atoms with van der Waals surface area (Å²) >= 11 is 0. The first kappa shape index (κ1) is 12.2. The van der Waals surface area contributed by atoms with Crippen molar-refractivity contribution in [3.63, 3.8) is 0 Å². The van der Waals surface area contributed by atoms with Crippen LogP contribution in [0, 0.1) is 0 Å². The van der Waals surface area contributed by atoms with Crippen LogP contribution >= 0.6 is 0 Å². The van der Waals surface area contributed by atoms with Crippen LogP contribution < -0.4 is 15.8 Å². The maximum absolute atomic E-state index is 5.81. The van der Waals surface area contributed by atoms with Crippen LogP contribution in [0.25, 0.3) is 0 Å². The number of hydrogen-bond acceptors (Lipinski definition) is 5. The maximum Gasteiger partial charge on any atom is 0.144 e. The predicted molar refractivity (Wildman–Crippen MR) is 71.4 cm³/mol. The van der Waals surface area contributed by atoms with Gasteiger partial charge in [-0.3, -0.25) is 0 Å². The van der Waals surface area contributed by atoms with Crippen molar-refractivity contribution in [1.82, 2.24) is 9.97 Å². The highest BCUT2D eigenvalue weighted by atomic mass is 16.5. The van der Waals surface area contributed by atoms with Crippen molar-refractivity contribution in [3.8, 4) is 5.75 Å². The van der Waals surface area contributed by atoms with Crippen molar-refractivity contribution in [2.75, 3.05) is 17.7 Å². The highest BCUT2D eigenvalue weighted by Crippen LogP contribution is 2.25. The van der Waals surface area contributed by atoms with Gasteiger partial charge in [0.2, 0.25) is 0 Å². The van der Waals surface area contributed by atoms with Crippen LogP contribution in [0.4, 0.5) is 11.4 Å². The number of nitrogen functional groups attached to an aromatic ring is 1. The fraction of sp³-hybridized carbons (Fsp3) is 0.231. The molecule has 0 unspecified atom stereocenters. The van der Waals surface area contributed by atoms with Gasteiger partial charge in [-0.1, -0.05) is 0 Å². The van der Waals surface area contributed by atoms with E-state index in [1.165, 1.54) is 6.33 Å². The van der Waals surface area contributed by atoms with Gasteiger partial charge in [-0.25, -0.2) is 9.97 Å². The van der Waals surface area contributed by atoms with Crippen LogP contribution in [-0.2, 0) is 6.54 Å². The Balaban J connectivity index is 2.03. The number of rotatable bonds is 5. The molecule has 2 aromatic rings. The van der Waals surface area contributed by atoms with Gasteiger partial charge < -0.3 is 15.8 Å². The van der Waals surface area contributed by atoms with Gasteiger partial charge in [0.05, 0.1) is 24.5 Å². The molecular weight excluding hydrogens is 228 g/mol. The molecule has 0 saturated heterocycles. The molecule has 18 heavy (non-hydrogen) atoms. The monoisotopic (exact) mass is 244 g/mol. The number of nitrogens with zero attached hydrogens (tertiary/aromatic N) is 2. The van der Waals surface area contributed by atoms with Gasteiger partial charge in [0.25, 0.3) is 0 Å². The minimum Gasteiger partial charge on any atom is -0.492 e. The summed E-state index contributed by atoms with van der Waals surface area (Å²) in [6, 6.07) is 7.50. The average molecular weight is 244 g/mol. The maximum atomic E-state index is 5.81. The van der Waals surface area contributed by atoms with Crippen molar-refractivity contribution in [2.24, 2.45) is 0 Å². The molecule has 5 heteroatoms. The Hall–Kier alpha value is -2.30. The van der Waals surface area contributed by atoms with Crippen LogP contribution in [0.5, 0.6) is 5.75 Å². The highest BCUT2D eigenvalue weighted by molar-refractivity contribution is 5.61. The van der Waals surface area contributed by atoms with E-state index in [0.717, 1.165) is 11.4 Å². The van der Waals surface area contributed by atoms with Crippen molar-refractivity contribution in [1.29, 1.82) is 0 Å². The van der Waals surface area contributed by atoms with E-state index < -0.39 is 0 Å². The Morgan fingerprint density at radius 3 is 2.94 bits per heavy atom. The lowest BCUT2D eigenvalue weighted by Gasteiger charge is -2.10. The molecule has 5 nitrogen and oxygen atoms in total. The van der Waals surface area contributed by atoms with Gasteiger partial charge in [0, 0.05) is 18.0 Å². The zero-order valence-corrected chi connectivity index (χ0v) is 10.3. The zero-order valence-electron chi connectivity index (χ0n) is 10.3. The lowest BCUT2D eigenvalue weighted by molar-refractivity contribution is 0.342. The molecule has 0 saturated carbocycles. The molecule has 1 aromatic heterocycles. The third kappa shape index (κ3) is 3.10. The molecule has 1 heterocycles. The lowest BCUT2D eigenvalue weighted by atomic mass is 10.2. The Kier molecular flexibility index (Phi) is 3.96. The van der Waals surface area contributed by atoms with Crippen molar-refractivity contribution >= 4 is 11.4 Å². The number of benzene rings is 1. The van der Waals surface area contributed by atoms with Crippen LogP contribution in [-0.4, -0.2) is 16.6 Å². The number of aromatic nitrogens is 2. The summed E-state index contributed by atoms with van der Waals surface area (Å²) in [7, 11) is 0. The summed E-state index contributed by atoms with van der Waals surface area (Å²) in [5.74, 6) is 0.699. The van der Waals surface area contributed by atoms with Gasteiger partial charge in [0.1, 0.15) is 12.1 Å². The van der Waals surface area contributed by atoms with Gasteiger partial charge in [0.15, 0.2) is 0 Å². The van der Waals surface area contributed by atoms with E-state index in [1.807, 2.05) is 31.2 Å². The predicted octanol–water partition coefficient (Wildman–Crippen LogP) is 2.07. The molecule has 0 spiro atoms. The first-order chi connectivity index (χ1) is 8.79. The van der Waals surface area contributed by atoms with Gasteiger partial charge in [-0.15, -0.1) is 0 Å². The van der Waals surface area contributed by atoms with E-state index in [1.54, 1.807) is 6.20 Å². The molecule has 2 rings (SSSR count). The molecule has 0 radical (unpaired) electrons. The molecule has 0 amide bonds. The number of hydrogen-bond donors (Lipinski definition) is 2. The average Bonchev–Trinajstić information content (AvgIpc) is 2.41. The van der Waals surface area contributed by atoms with Gasteiger partial charge in [-0.2, -0.15) is 0 Å². The van der Waals surface area contributed by atoms with Crippen molar-refractivity contribution < 1.29 is 4.74 Å². The van der Waals surface area contributed by atoms with E-state index in [2.05, 4.69) is 15.3 Å². The Morgan fingerprint density at radius 2 is 2.22 bits per heavy atom. The number of ether oxygens (including phenoxy) is 1. The summed E-state index contributed by atoms with van der Waals surface area (Å²) in [6.07, 6.45) is 3.25. The smallest absolute Gasteiger partial charge is 0.144 e. The summed E-state index contributed by atoms with van der Waals surface area (Å²) in [6.45, 7) is 3.16. The third-order valence-electron chi connectivity index (χ3n) is 2.43. The van der Waals surface area contributed by atoms with E-state index in [-0.39, 0.29) is 0 Å². The summed E-state index contributed by atoms with van der Waals surface area (Å²) in [5, 5.41) is 3.26. The first-order valence-corrected chi connectivity index (χ1v) is 5.80. The van der Waals surface area contributed by atoms with Crippen LogP contribution in [0.3, 0.4) is 0 Å². The highest BCUT2D eigenvalue weighted by Gasteiger charge is 2.02. The number of nitrogens with two attached hydrogens (primary N) is 1. The molecule has 94 valence electrons. The molecule has 3 N–H and O–H groups in total. The fourth-order valence-corrected chi connectivity index (χ4v) is 1.54. The summed E-state index contributed by atoms with van der Waals surface area (Å²) < 4.78 is 5.44. The van der Waals surface area contributed by atoms with Crippen LogP contribution in [0.1, 0.15) is 12.6 Å². The van der Waals surface area contributed by atoms with Crippen LogP contribution in [0.2, 0.25) is 0 Å². The molecule has 0 fully saturated rings. The minimum atomic E-state index is 0.597. The van der Waals surface area contributed by atoms with E-state index in [0.29, 0.717) is 24.6 Å². The largest absolute Gasteiger partial charge is 0.492 e. The second-order valence-corrected chi connectivity index (χ2v) is 3.74. The van der Waals surface area contributed by atoms with Crippen molar-refractivity contribution in [2.45, 2.75) is 13.5 Å². The normalized spacial score (nSPS) is 10.1. The minimum absolute atomic E-state index is 0.597. The quantitative estimate of drug-likeness (QED) is 0.788. The molecule has 1 aromatic carbocycles. The topological polar surface area (TPSA) is 73.1 Å². The van der Waals surface area contributed by atoms with Gasteiger partial charge in [-0.05, 0) is 25.1 Å². The van der Waals surface area contributed by atoms with E-state index in [4.69, 9.17) is 10.5 Å². The third-order valence-corrected chi connectivity index (χ3v) is 2.43. The summed E-state index contributed by atoms with van der Waals surface area (Å²) in [4.78, 5) is 8.02. The number of anilines is 2. The van der Waals surface area contributed by atoms with Crippen molar-refractivity contribution in [3.05, 3.63) is 42.5 Å². The second kappa shape index (κ2) is 5.86. The lowest BCUT2D eigenvalue weighted by Crippen LogP contribution is -2.03. The fourth-order valence-electron chi connectivity index (χ4n) is 1.54. The summed E-state index contributed by atoms with van der Waals surface area (Å²) in [5.41, 5.74) is 8.33. The molecule has 0 aliphatic carbocycles. The number of nitrogens with one attached hydrogen (secondary N) is 1. The van der Waals surface area contributed by atoms with Crippen LogP contribution in [0.15, 0.2) is 36.8 Å². The SMILES string of the molecule is CCOc1cc(NCc2ccncn2)ccc1N. The molecule has 0 atom stereocenters. The van der Waals surface area contributed by atoms with Gasteiger partial charge >= 0.3 is 0 Å². The van der Waals surface area contributed by atoms with E-state index in [9.17, 15) is 0 Å². The Morgan fingerprint density at radius 1 is 1.33 bits per heavy atom.